The molecular formula is C13H16O4. The van der Waals surface area contributed by atoms with E-state index < -0.39 is 0 Å². The minimum absolute atomic E-state index is 0.242. The van der Waals surface area contributed by atoms with Crippen LogP contribution in [0.25, 0.3) is 6.08 Å². The van der Waals surface area contributed by atoms with Crippen LogP contribution in [0.15, 0.2) is 24.3 Å². The third-order valence-corrected chi connectivity index (χ3v) is 2.25. The molecule has 0 N–H and O–H groups in total. The molecule has 1 rings (SSSR count). The van der Waals surface area contributed by atoms with Crippen molar-refractivity contribution in [2.45, 2.75) is 6.42 Å². The summed E-state index contributed by atoms with van der Waals surface area (Å²) in [4.78, 5) is 10.9. The molecule has 92 valence electrons. The van der Waals surface area contributed by atoms with Gasteiger partial charge in [0.15, 0.2) is 0 Å². The fourth-order valence-corrected chi connectivity index (χ4v) is 1.32. The number of carbonyl (C=O) groups excluding carboxylic acids is 1. The Morgan fingerprint density at radius 1 is 1.24 bits per heavy atom. The van der Waals surface area contributed by atoms with Crippen LogP contribution in [0.5, 0.6) is 11.5 Å². The molecule has 4 nitrogen and oxygen atoms in total. The van der Waals surface area contributed by atoms with Crippen molar-refractivity contribution in [2.75, 3.05) is 21.3 Å². The van der Waals surface area contributed by atoms with E-state index in [0.717, 1.165) is 11.3 Å². The van der Waals surface area contributed by atoms with Crippen molar-refractivity contribution in [3.05, 3.63) is 29.8 Å². The van der Waals surface area contributed by atoms with Crippen LogP contribution >= 0.6 is 0 Å². The Labute approximate surface area is 101 Å². The van der Waals surface area contributed by atoms with Crippen LogP contribution in [-0.4, -0.2) is 27.3 Å². The number of hydrogen-bond acceptors (Lipinski definition) is 4. The third kappa shape index (κ3) is 3.83. The van der Waals surface area contributed by atoms with Gasteiger partial charge in [-0.3, -0.25) is 4.79 Å². The molecule has 0 bridgehead atoms. The molecule has 0 radical (unpaired) electrons. The van der Waals surface area contributed by atoms with Crippen LogP contribution < -0.4 is 9.47 Å². The van der Waals surface area contributed by atoms with Gasteiger partial charge in [-0.05, 0) is 12.1 Å². The quantitative estimate of drug-likeness (QED) is 0.736. The first-order valence-electron chi connectivity index (χ1n) is 5.16. The summed E-state index contributed by atoms with van der Waals surface area (Å²) in [7, 11) is 4.55. The fourth-order valence-electron chi connectivity index (χ4n) is 1.32. The molecule has 0 unspecified atom stereocenters. The molecule has 0 amide bonds. The van der Waals surface area contributed by atoms with E-state index in [2.05, 4.69) is 4.74 Å². The topological polar surface area (TPSA) is 44.8 Å². The van der Waals surface area contributed by atoms with Gasteiger partial charge in [0.05, 0.1) is 27.8 Å². The maximum Gasteiger partial charge on any atom is 0.309 e. The number of methoxy groups -OCH3 is 3. The molecular weight excluding hydrogens is 220 g/mol. The van der Waals surface area contributed by atoms with Gasteiger partial charge >= 0.3 is 5.97 Å². The lowest BCUT2D eigenvalue weighted by molar-refractivity contribution is -0.139. The van der Waals surface area contributed by atoms with Crippen molar-refractivity contribution in [2.24, 2.45) is 0 Å². The Hall–Kier alpha value is -1.97. The van der Waals surface area contributed by atoms with E-state index in [9.17, 15) is 4.79 Å². The summed E-state index contributed by atoms with van der Waals surface area (Å²) < 4.78 is 14.9. The Morgan fingerprint density at radius 3 is 2.59 bits per heavy atom. The van der Waals surface area contributed by atoms with Gasteiger partial charge in [0.1, 0.15) is 11.5 Å². The summed E-state index contributed by atoms with van der Waals surface area (Å²) >= 11 is 0. The predicted octanol–water partition coefficient (Wildman–Crippen LogP) is 2.28. The lowest BCUT2D eigenvalue weighted by Gasteiger charge is -2.07. The minimum Gasteiger partial charge on any atom is -0.497 e. The zero-order valence-corrected chi connectivity index (χ0v) is 10.2. The van der Waals surface area contributed by atoms with Gasteiger partial charge in [0, 0.05) is 11.6 Å². The second-order valence-electron chi connectivity index (χ2n) is 3.29. The maximum atomic E-state index is 10.9. The zero-order valence-electron chi connectivity index (χ0n) is 10.2. The van der Waals surface area contributed by atoms with Gasteiger partial charge in [-0.25, -0.2) is 0 Å². The highest BCUT2D eigenvalue weighted by Gasteiger charge is 2.02. The molecule has 0 aliphatic carbocycles. The normalized spacial score (nSPS) is 10.3. The van der Waals surface area contributed by atoms with Crippen LogP contribution in [-0.2, 0) is 9.53 Å². The predicted molar refractivity (Wildman–Crippen MR) is 65.2 cm³/mol. The van der Waals surface area contributed by atoms with Crippen LogP contribution in [0.4, 0.5) is 0 Å². The molecule has 0 heterocycles. The van der Waals surface area contributed by atoms with E-state index in [4.69, 9.17) is 9.47 Å². The van der Waals surface area contributed by atoms with Crippen LogP contribution in [0, 0.1) is 0 Å². The highest BCUT2D eigenvalue weighted by molar-refractivity contribution is 5.73. The molecule has 0 atom stereocenters. The SMILES string of the molecule is COC(=O)CC=Cc1ccc(OC)cc1OC. The molecule has 17 heavy (non-hydrogen) atoms. The van der Waals surface area contributed by atoms with Crippen molar-refractivity contribution >= 4 is 12.0 Å². The number of rotatable bonds is 5. The largest absolute Gasteiger partial charge is 0.497 e. The lowest BCUT2D eigenvalue weighted by Crippen LogP contribution is -1.96. The molecule has 1 aromatic rings. The van der Waals surface area contributed by atoms with Crippen LogP contribution in [0.1, 0.15) is 12.0 Å². The molecule has 0 aliphatic heterocycles. The second kappa shape index (κ2) is 6.58. The smallest absolute Gasteiger partial charge is 0.309 e. The van der Waals surface area contributed by atoms with Crippen LogP contribution in [0.3, 0.4) is 0 Å². The highest BCUT2D eigenvalue weighted by atomic mass is 16.5. The van der Waals surface area contributed by atoms with Gasteiger partial charge in [0.2, 0.25) is 0 Å². The van der Waals surface area contributed by atoms with E-state index in [-0.39, 0.29) is 12.4 Å². The summed E-state index contributed by atoms with van der Waals surface area (Å²) in [6, 6.07) is 5.49. The molecule has 0 aliphatic rings. The number of benzene rings is 1. The van der Waals surface area contributed by atoms with Gasteiger partial charge in [-0.15, -0.1) is 0 Å². The van der Waals surface area contributed by atoms with Crippen molar-refractivity contribution < 1.29 is 19.0 Å². The first kappa shape index (κ1) is 13.1. The summed E-state index contributed by atoms with van der Waals surface area (Å²) in [5.74, 6) is 1.16. The maximum absolute atomic E-state index is 10.9. The van der Waals surface area contributed by atoms with Crippen molar-refractivity contribution in [1.82, 2.24) is 0 Å². The van der Waals surface area contributed by atoms with Gasteiger partial charge in [-0.1, -0.05) is 12.2 Å². The molecule has 0 aromatic heterocycles. The summed E-state index contributed by atoms with van der Waals surface area (Å²) in [5.41, 5.74) is 0.886. The molecule has 0 saturated carbocycles. The van der Waals surface area contributed by atoms with Crippen molar-refractivity contribution in [3.63, 3.8) is 0 Å². The van der Waals surface area contributed by atoms with Crippen molar-refractivity contribution in [3.8, 4) is 11.5 Å². The van der Waals surface area contributed by atoms with Gasteiger partial charge < -0.3 is 14.2 Å². The van der Waals surface area contributed by atoms with E-state index in [1.54, 1.807) is 26.4 Å². The lowest BCUT2D eigenvalue weighted by atomic mass is 10.1. The van der Waals surface area contributed by atoms with E-state index in [0.29, 0.717) is 5.75 Å². The molecule has 1 aromatic carbocycles. The van der Waals surface area contributed by atoms with Gasteiger partial charge in [0.25, 0.3) is 0 Å². The molecule has 0 spiro atoms. The fraction of sp³-hybridized carbons (Fsp3) is 0.308. The summed E-state index contributed by atoms with van der Waals surface area (Å²) in [6.07, 6.45) is 3.79. The average Bonchev–Trinajstić information content (AvgIpc) is 2.38. The van der Waals surface area contributed by atoms with Gasteiger partial charge in [-0.2, -0.15) is 0 Å². The average molecular weight is 236 g/mol. The first-order chi connectivity index (χ1) is 8.21. The first-order valence-corrected chi connectivity index (χ1v) is 5.16. The number of carbonyl (C=O) groups is 1. The molecule has 0 fully saturated rings. The van der Waals surface area contributed by atoms with E-state index in [1.807, 2.05) is 18.2 Å². The van der Waals surface area contributed by atoms with E-state index in [1.165, 1.54) is 7.11 Å². The molecule has 0 saturated heterocycles. The number of esters is 1. The van der Waals surface area contributed by atoms with E-state index >= 15 is 0 Å². The monoisotopic (exact) mass is 236 g/mol. The Balaban J connectivity index is 2.79. The number of hydrogen-bond donors (Lipinski definition) is 0. The van der Waals surface area contributed by atoms with Crippen LogP contribution in [0.2, 0.25) is 0 Å². The zero-order chi connectivity index (χ0) is 12.7. The Kier molecular flexibility index (Phi) is 5.07. The summed E-state index contributed by atoms with van der Waals surface area (Å²) in [5, 5.41) is 0. The second-order valence-corrected chi connectivity index (χ2v) is 3.29. The highest BCUT2D eigenvalue weighted by Crippen LogP contribution is 2.25. The summed E-state index contributed by atoms with van der Waals surface area (Å²) in [6.45, 7) is 0. The Morgan fingerprint density at radius 2 is 2.00 bits per heavy atom. The number of ether oxygens (including phenoxy) is 3. The minimum atomic E-state index is -0.270. The standard InChI is InChI=1S/C13H16O4/c1-15-11-8-7-10(12(9-11)16-2)5-4-6-13(14)17-3/h4-5,7-9H,6H2,1-3H3. The molecule has 4 heteroatoms. The third-order valence-electron chi connectivity index (χ3n) is 2.25. The Bertz CT molecular complexity index is 410. The van der Waals surface area contributed by atoms with Crippen molar-refractivity contribution in [1.29, 1.82) is 0 Å².